The van der Waals surface area contributed by atoms with Gasteiger partial charge in [-0.05, 0) is 30.2 Å². The van der Waals surface area contributed by atoms with Crippen LogP contribution in [0.2, 0.25) is 0 Å². The summed E-state index contributed by atoms with van der Waals surface area (Å²) in [7, 11) is -3.71. The zero-order valence-corrected chi connectivity index (χ0v) is 15.1. The van der Waals surface area contributed by atoms with Crippen molar-refractivity contribution in [3.05, 3.63) is 65.5 Å². The van der Waals surface area contributed by atoms with Crippen molar-refractivity contribution in [1.29, 1.82) is 5.26 Å². The normalized spacial score (nSPS) is 16.3. The van der Waals surface area contributed by atoms with E-state index < -0.39 is 15.8 Å². The molecular formula is C19H20FN3O2S. The summed E-state index contributed by atoms with van der Waals surface area (Å²) in [5, 5.41) is 8.90. The van der Waals surface area contributed by atoms with Gasteiger partial charge in [-0.2, -0.15) is 9.57 Å². The second kappa shape index (κ2) is 7.96. The van der Waals surface area contributed by atoms with Gasteiger partial charge in [0.05, 0.1) is 10.5 Å². The number of piperazine rings is 1. The summed E-state index contributed by atoms with van der Waals surface area (Å²) in [6.07, 6.45) is 0.928. The summed E-state index contributed by atoms with van der Waals surface area (Å²) in [5.41, 5.74) is 1.01. The summed E-state index contributed by atoms with van der Waals surface area (Å²) in [6.45, 7) is 2.95. The highest BCUT2D eigenvalue weighted by atomic mass is 32.2. The van der Waals surface area contributed by atoms with Crippen molar-refractivity contribution < 1.29 is 12.8 Å². The molecule has 2 aromatic rings. The SMILES string of the molecule is N#Cc1cc(S(=O)(=O)N2CCN(CCc3ccccc3)CC2)ccc1F. The van der Waals surface area contributed by atoms with Gasteiger partial charge in [0.1, 0.15) is 11.9 Å². The Balaban J connectivity index is 1.61. The van der Waals surface area contributed by atoms with E-state index in [2.05, 4.69) is 17.0 Å². The third-order valence-corrected chi connectivity index (χ3v) is 6.48. The Labute approximate surface area is 153 Å². The predicted octanol–water partition coefficient (Wildman–Crippen LogP) is 2.25. The maximum Gasteiger partial charge on any atom is 0.243 e. The molecule has 5 nitrogen and oxygen atoms in total. The quantitative estimate of drug-likeness (QED) is 0.806. The number of benzene rings is 2. The van der Waals surface area contributed by atoms with Crippen LogP contribution in [-0.2, 0) is 16.4 Å². The molecule has 1 aliphatic rings. The van der Waals surface area contributed by atoms with Gasteiger partial charge in [0.15, 0.2) is 0 Å². The number of nitriles is 1. The fraction of sp³-hybridized carbons (Fsp3) is 0.316. The molecule has 0 N–H and O–H groups in total. The van der Waals surface area contributed by atoms with Crippen LogP contribution in [-0.4, -0.2) is 50.3 Å². The molecule has 2 aromatic carbocycles. The monoisotopic (exact) mass is 373 g/mol. The molecule has 1 saturated heterocycles. The topological polar surface area (TPSA) is 64.4 Å². The molecule has 0 aliphatic carbocycles. The summed E-state index contributed by atoms with van der Waals surface area (Å²) < 4.78 is 40.3. The van der Waals surface area contributed by atoms with E-state index in [9.17, 15) is 12.8 Å². The summed E-state index contributed by atoms with van der Waals surface area (Å²) >= 11 is 0. The Kier molecular flexibility index (Phi) is 5.67. The van der Waals surface area contributed by atoms with Crippen LogP contribution in [0.15, 0.2) is 53.4 Å². The molecule has 0 atom stereocenters. The Bertz CT molecular complexity index is 902. The number of rotatable bonds is 5. The second-order valence-electron chi connectivity index (χ2n) is 6.23. The molecule has 0 spiro atoms. The van der Waals surface area contributed by atoms with Gasteiger partial charge in [-0.3, -0.25) is 0 Å². The summed E-state index contributed by atoms with van der Waals surface area (Å²) in [4.78, 5) is 2.21. The molecule has 0 bridgehead atoms. The van der Waals surface area contributed by atoms with Gasteiger partial charge in [-0.15, -0.1) is 0 Å². The number of nitrogens with zero attached hydrogens (tertiary/aromatic N) is 3. The first-order valence-electron chi connectivity index (χ1n) is 8.47. The van der Waals surface area contributed by atoms with Crippen LogP contribution in [0.5, 0.6) is 0 Å². The van der Waals surface area contributed by atoms with Crippen molar-refractivity contribution in [2.45, 2.75) is 11.3 Å². The van der Waals surface area contributed by atoms with E-state index in [4.69, 9.17) is 5.26 Å². The van der Waals surface area contributed by atoms with Crippen molar-refractivity contribution in [3.8, 4) is 6.07 Å². The second-order valence-corrected chi connectivity index (χ2v) is 8.17. The van der Waals surface area contributed by atoms with E-state index >= 15 is 0 Å². The fourth-order valence-corrected chi connectivity index (χ4v) is 4.47. The van der Waals surface area contributed by atoms with Gasteiger partial charge in [0, 0.05) is 32.7 Å². The average Bonchev–Trinajstić information content (AvgIpc) is 2.67. The smallest absolute Gasteiger partial charge is 0.243 e. The van der Waals surface area contributed by atoms with Gasteiger partial charge < -0.3 is 4.90 Å². The minimum Gasteiger partial charge on any atom is -0.300 e. The van der Waals surface area contributed by atoms with Crippen LogP contribution in [0.4, 0.5) is 4.39 Å². The van der Waals surface area contributed by atoms with E-state index in [0.29, 0.717) is 26.2 Å². The summed E-state index contributed by atoms with van der Waals surface area (Å²) in [6, 6.07) is 15.2. The molecule has 3 rings (SSSR count). The molecule has 0 amide bonds. The first kappa shape index (κ1) is 18.5. The maximum absolute atomic E-state index is 13.4. The van der Waals surface area contributed by atoms with Crippen LogP contribution in [0.25, 0.3) is 0 Å². The Morgan fingerprint density at radius 3 is 2.38 bits per heavy atom. The minimum atomic E-state index is -3.71. The predicted molar refractivity (Wildman–Crippen MR) is 96.5 cm³/mol. The Hall–Kier alpha value is -2.27. The highest BCUT2D eigenvalue weighted by molar-refractivity contribution is 7.89. The Morgan fingerprint density at radius 2 is 1.73 bits per heavy atom. The van der Waals surface area contributed by atoms with E-state index in [0.717, 1.165) is 25.1 Å². The molecule has 0 unspecified atom stereocenters. The largest absolute Gasteiger partial charge is 0.300 e. The molecular weight excluding hydrogens is 353 g/mol. The molecule has 0 saturated carbocycles. The number of hydrogen-bond acceptors (Lipinski definition) is 4. The first-order chi connectivity index (χ1) is 12.5. The van der Waals surface area contributed by atoms with Gasteiger partial charge >= 0.3 is 0 Å². The van der Waals surface area contributed by atoms with Gasteiger partial charge in [0.25, 0.3) is 0 Å². The van der Waals surface area contributed by atoms with Crippen LogP contribution < -0.4 is 0 Å². The summed E-state index contributed by atoms with van der Waals surface area (Å²) in [5.74, 6) is -0.711. The lowest BCUT2D eigenvalue weighted by Gasteiger charge is -2.34. The van der Waals surface area contributed by atoms with Crippen molar-refractivity contribution in [2.75, 3.05) is 32.7 Å². The number of sulfonamides is 1. The lowest BCUT2D eigenvalue weighted by atomic mass is 10.1. The highest BCUT2D eigenvalue weighted by Crippen LogP contribution is 2.20. The van der Waals surface area contributed by atoms with Crippen molar-refractivity contribution >= 4 is 10.0 Å². The third-order valence-electron chi connectivity index (χ3n) is 4.59. The van der Waals surface area contributed by atoms with Gasteiger partial charge in [-0.1, -0.05) is 30.3 Å². The van der Waals surface area contributed by atoms with Crippen LogP contribution in [0, 0.1) is 17.1 Å². The zero-order chi connectivity index (χ0) is 18.6. The third kappa shape index (κ3) is 4.10. The molecule has 1 fully saturated rings. The molecule has 136 valence electrons. The molecule has 7 heteroatoms. The molecule has 1 aliphatic heterocycles. The minimum absolute atomic E-state index is 0.0341. The average molecular weight is 373 g/mol. The number of halogens is 1. The van der Waals surface area contributed by atoms with Crippen molar-refractivity contribution in [3.63, 3.8) is 0 Å². The van der Waals surface area contributed by atoms with Crippen LogP contribution in [0.1, 0.15) is 11.1 Å². The van der Waals surface area contributed by atoms with Gasteiger partial charge in [-0.25, -0.2) is 12.8 Å². The molecule has 0 aromatic heterocycles. The maximum atomic E-state index is 13.4. The van der Waals surface area contributed by atoms with Crippen LogP contribution in [0.3, 0.4) is 0 Å². The first-order valence-corrected chi connectivity index (χ1v) is 9.91. The Morgan fingerprint density at radius 1 is 1.04 bits per heavy atom. The van der Waals surface area contributed by atoms with Crippen LogP contribution >= 0.6 is 0 Å². The molecule has 0 radical (unpaired) electrons. The zero-order valence-electron chi connectivity index (χ0n) is 14.3. The van der Waals surface area contributed by atoms with E-state index in [-0.39, 0.29) is 10.5 Å². The highest BCUT2D eigenvalue weighted by Gasteiger charge is 2.28. The van der Waals surface area contributed by atoms with E-state index in [1.165, 1.54) is 15.9 Å². The molecule has 1 heterocycles. The lowest BCUT2D eigenvalue weighted by molar-refractivity contribution is 0.190. The van der Waals surface area contributed by atoms with Crippen molar-refractivity contribution in [1.82, 2.24) is 9.21 Å². The van der Waals surface area contributed by atoms with Crippen molar-refractivity contribution in [2.24, 2.45) is 0 Å². The number of hydrogen-bond donors (Lipinski definition) is 0. The van der Waals surface area contributed by atoms with E-state index in [1.54, 1.807) is 6.07 Å². The fourth-order valence-electron chi connectivity index (χ4n) is 3.02. The van der Waals surface area contributed by atoms with E-state index in [1.807, 2.05) is 18.2 Å². The lowest BCUT2D eigenvalue weighted by Crippen LogP contribution is -2.49. The van der Waals surface area contributed by atoms with Gasteiger partial charge in [0.2, 0.25) is 10.0 Å². The standard InChI is InChI=1S/C19H20FN3O2S/c20-19-7-6-18(14-17(19)15-21)26(24,25)23-12-10-22(11-13-23)9-8-16-4-2-1-3-5-16/h1-7,14H,8-13H2. The molecule has 26 heavy (non-hydrogen) atoms.